The van der Waals surface area contributed by atoms with Crippen LogP contribution in [0.3, 0.4) is 0 Å². The van der Waals surface area contributed by atoms with E-state index in [9.17, 15) is 0 Å². The van der Waals surface area contributed by atoms with Gasteiger partial charge in [0.05, 0.1) is 13.2 Å². The van der Waals surface area contributed by atoms with Gasteiger partial charge in [0.15, 0.2) is 0 Å². The first-order valence-electron chi connectivity index (χ1n) is 16.0. The second kappa shape index (κ2) is 17.6. The lowest BCUT2D eigenvalue weighted by molar-refractivity contribution is 0.241. The number of nitrogens with zero attached hydrogens (tertiary/aromatic N) is 2. The number of aliphatic imine (C=N–C) groups is 2. The van der Waals surface area contributed by atoms with E-state index >= 15 is 0 Å². The first-order chi connectivity index (χ1) is 18.3. The molecule has 0 bridgehead atoms. The van der Waals surface area contributed by atoms with Crippen LogP contribution in [0, 0.1) is 0 Å². The van der Waals surface area contributed by atoms with Crippen LogP contribution in [0.2, 0.25) is 0 Å². The summed E-state index contributed by atoms with van der Waals surface area (Å²) in [6.45, 7) is 6.00. The number of ether oxygens (including phenoxy) is 2. The fourth-order valence-electron chi connectivity index (χ4n) is 5.67. The SMILES string of the molecule is CCCCCCCCCCCCOC1=NC23C=CC2(CSC3)N=C1OCCCCCCCCCCCC. The average molecular weight is 533 g/mol. The average Bonchev–Trinajstić information content (AvgIpc) is 3.17. The second-order valence-electron chi connectivity index (χ2n) is 11.6. The number of hydrogen-bond acceptors (Lipinski definition) is 5. The molecule has 0 N–H and O–H groups in total. The molecule has 4 nitrogen and oxygen atoms in total. The Kier molecular flexibility index (Phi) is 14.5. The zero-order valence-corrected chi connectivity index (χ0v) is 25.1. The molecule has 0 spiro atoms. The van der Waals surface area contributed by atoms with E-state index in [0.717, 1.165) is 37.6 Å². The van der Waals surface area contributed by atoms with Crippen molar-refractivity contribution in [3.8, 4) is 0 Å². The summed E-state index contributed by atoms with van der Waals surface area (Å²) in [5.41, 5.74) is -0.371. The van der Waals surface area contributed by atoms with Crippen LogP contribution in [0.25, 0.3) is 0 Å². The van der Waals surface area contributed by atoms with Crippen molar-refractivity contribution >= 4 is 23.6 Å². The molecule has 0 aromatic heterocycles. The molecule has 0 aromatic carbocycles. The molecule has 0 radical (unpaired) electrons. The van der Waals surface area contributed by atoms with Crippen LogP contribution < -0.4 is 0 Å². The molecule has 1 fully saturated rings. The van der Waals surface area contributed by atoms with Crippen molar-refractivity contribution in [1.82, 2.24) is 0 Å². The largest absolute Gasteiger partial charge is 0.474 e. The van der Waals surface area contributed by atoms with Gasteiger partial charge in [-0.1, -0.05) is 142 Å². The summed E-state index contributed by atoms with van der Waals surface area (Å²) in [6, 6.07) is 0. The molecule has 2 atom stereocenters. The molecule has 0 amide bonds. The highest BCUT2D eigenvalue weighted by atomic mass is 32.2. The van der Waals surface area contributed by atoms with Crippen molar-refractivity contribution in [3.63, 3.8) is 0 Å². The first-order valence-corrected chi connectivity index (χ1v) is 17.1. The number of hydrogen-bond donors (Lipinski definition) is 0. The van der Waals surface area contributed by atoms with Crippen molar-refractivity contribution in [2.75, 3.05) is 24.7 Å². The molecule has 2 unspecified atom stereocenters. The van der Waals surface area contributed by atoms with Gasteiger partial charge in [-0.05, 0) is 12.8 Å². The van der Waals surface area contributed by atoms with Gasteiger partial charge in [0.2, 0.25) is 0 Å². The van der Waals surface area contributed by atoms with Crippen molar-refractivity contribution in [3.05, 3.63) is 12.2 Å². The van der Waals surface area contributed by atoms with Gasteiger partial charge in [0.25, 0.3) is 11.8 Å². The van der Waals surface area contributed by atoms with Crippen molar-refractivity contribution in [2.24, 2.45) is 9.98 Å². The molecule has 2 aliphatic heterocycles. The van der Waals surface area contributed by atoms with Crippen LogP contribution in [-0.4, -0.2) is 47.6 Å². The van der Waals surface area contributed by atoms with Crippen LogP contribution in [0.15, 0.2) is 22.1 Å². The smallest absolute Gasteiger partial charge is 0.274 e. The lowest BCUT2D eigenvalue weighted by atomic mass is 9.70. The van der Waals surface area contributed by atoms with Crippen LogP contribution >= 0.6 is 11.8 Å². The van der Waals surface area contributed by atoms with Crippen LogP contribution in [0.5, 0.6) is 0 Å². The maximum Gasteiger partial charge on any atom is 0.274 e. The molecule has 2 heterocycles. The van der Waals surface area contributed by atoms with E-state index in [-0.39, 0.29) is 11.1 Å². The second-order valence-corrected chi connectivity index (χ2v) is 12.6. The van der Waals surface area contributed by atoms with Crippen LogP contribution in [0.4, 0.5) is 0 Å². The van der Waals surface area contributed by atoms with Gasteiger partial charge >= 0.3 is 0 Å². The molecule has 3 rings (SSSR count). The molecule has 212 valence electrons. The van der Waals surface area contributed by atoms with Crippen molar-refractivity contribution < 1.29 is 9.47 Å². The third-order valence-electron chi connectivity index (χ3n) is 8.29. The molecule has 0 aromatic rings. The quantitative estimate of drug-likeness (QED) is 0.103. The zero-order valence-electron chi connectivity index (χ0n) is 24.2. The molecule has 0 saturated carbocycles. The number of thioether (sulfide) groups is 1. The van der Waals surface area contributed by atoms with E-state index < -0.39 is 0 Å². The lowest BCUT2D eigenvalue weighted by Crippen LogP contribution is -2.58. The summed E-state index contributed by atoms with van der Waals surface area (Å²) in [7, 11) is 0. The van der Waals surface area contributed by atoms with Crippen molar-refractivity contribution in [1.29, 1.82) is 0 Å². The van der Waals surface area contributed by atoms with E-state index in [4.69, 9.17) is 19.5 Å². The monoisotopic (exact) mass is 532 g/mol. The van der Waals surface area contributed by atoms with Gasteiger partial charge in [-0.3, -0.25) is 0 Å². The molecule has 3 aliphatic rings. The van der Waals surface area contributed by atoms with Gasteiger partial charge in [-0.2, -0.15) is 11.8 Å². The van der Waals surface area contributed by atoms with E-state index in [0.29, 0.717) is 11.8 Å². The Balaban J connectivity index is 1.30. The first kappa shape index (κ1) is 30.6. The third-order valence-corrected chi connectivity index (χ3v) is 9.58. The maximum atomic E-state index is 6.22. The minimum Gasteiger partial charge on any atom is -0.474 e. The lowest BCUT2D eigenvalue weighted by Gasteiger charge is -2.45. The number of rotatable bonds is 22. The molecule has 1 aliphatic carbocycles. The van der Waals surface area contributed by atoms with E-state index in [2.05, 4.69) is 26.0 Å². The summed E-state index contributed by atoms with van der Waals surface area (Å²) >= 11 is 1.95. The normalized spacial score (nSPS) is 23.7. The van der Waals surface area contributed by atoms with Gasteiger partial charge in [-0.15, -0.1) is 0 Å². The summed E-state index contributed by atoms with van der Waals surface area (Å²) in [4.78, 5) is 10.2. The Hall–Kier alpha value is -0.970. The third kappa shape index (κ3) is 9.62. The Bertz CT molecular complexity index is 664. The Morgan fingerprint density at radius 2 is 0.865 bits per heavy atom. The van der Waals surface area contributed by atoms with Crippen molar-refractivity contribution in [2.45, 2.75) is 153 Å². The Morgan fingerprint density at radius 3 is 1.19 bits per heavy atom. The molecular weight excluding hydrogens is 476 g/mol. The van der Waals surface area contributed by atoms with Crippen LogP contribution in [-0.2, 0) is 9.47 Å². The van der Waals surface area contributed by atoms with Gasteiger partial charge in [0, 0.05) is 11.5 Å². The van der Waals surface area contributed by atoms with E-state index in [1.54, 1.807) is 0 Å². The fraction of sp³-hybridized carbons (Fsp3) is 0.875. The molecular formula is C32H56N2O2S. The fourth-order valence-corrected chi connectivity index (χ4v) is 7.22. The summed E-state index contributed by atoms with van der Waals surface area (Å²) in [5, 5.41) is 0. The topological polar surface area (TPSA) is 43.2 Å². The maximum absolute atomic E-state index is 6.22. The predicted molar refractivity (Wildman–Crippen MR) is 162 cm³/mol. The van der Waals surface area contributed by atoms with Gasteiger partial charge < -0.3 is 9.47 Å². The molecule has 1 saturated heterocycles. The highest BCUT2D eigenvalue weighted by Gasteiger charge is 2.61. The van der Waals surface area contributed by atoms with Gasteiger partial charge in [-0.25, -0.2) is 9.98 Å². The predicted octanol–water partition coefficient (Wildman–Crippen LogP) is 9.47. The molecule has 5 heteroatoms. The minimum absolute atomic E-state index is 0.186. The molecule has 37 heavy (non-hydrogen) atoms. The minimum atomic E-state index is -0.186. The summed E-state index contributed by atoms with van der Waals surface area (Å²) in [6.07, 6.45) is 31.1. The van der Waals surface area contributed by atoms with E-state index in [1.807, 2.05) is 11.8 Å². The standard InChI is InChI=1S/C32H56N2O2S/c1-3-5-7-9-11-13-15-17-19-21-25-35-29-30(34-32-24-23-31(32,33-29)27-37-28-32)36-26-22-20-18-16-14-12-10-8-6-4-2/h23-24H,3-22,25-28H2,1-2H3. The highest BCUT2D eigenvalue weighted by Crippen LogP contribution is 2.52. The Labute approximate surface area is 232 Å². The number of unbranched alkanes of at least 4 members (excludes halogenated alkanes) is 18. The van der Waals surface area contributed by atoms with E-state index in [1.165, 1.54) is 116 Å². The highest BCUT2D eigenvalue weighted by molar-refractivity contribution is 7.99. The summed E-state index contributed by atoms with van der Waals surface area (Å²) in [5.74, 6) is 3.32. The Morgan fingerprint density at radius 1 is 0.541 bits per heavy atom. The summed E-state index contributed by atoms with van der Waals surface area (Å²) < 4.78 is 12.4. The van der Waals surface area contributed by atoms with Crippen LogP contribution in [0.1, 0.15) is 142 Å². The van der Waals surface area contributed by atoms with Gasteiger partial charge in [0.1, 0.15) is 11.1 Å². The zero-order chi connectivity index (χ0) is 26.1.